The summed E-state index contributed by atoms with van der Waals surface area (Å²) >= 11 is 0. The molecule has 0 unspecified atom stereocenters. The Morgan fingerprint density at radius 2 is 1.56 bits per heavy atom. The first-order valence-electron chi connectivity index (χ1n) is 18.9. The van der Waals surface area contributed by atoms with E-state index in [9.17, 15) is 24.3 Å². The molecule has 0 bridgehead atoms. The van der Waals surface area contributed by atoms with Crippen LogP contribution in [0.5, 0.6) is 0 Å². The molecule has 1 aromatic heterocycles. The molecule has 1 atom stereocenters. The van der Waals surface area contributed by atoms with Gasteiger partial charge in [-0.05, 0) is 87.6 Å². The number of piperidine rings is 3. The van der Waals surface area contributed by atoms with E-state index < -0.39 is 17.8 Å². The Bertz CT molecular complexity index is 1880. The second-order valence-electron chi connectivity index (χ2n) is 15.6. The van der Waals surface area contributed by atoms with Gasteiger partial charge in [0, 0.05) is 84.1 Å². The lowest BCUT2D eigenvalue weighted by atomic mass is 9.91. The Hall–Kier alpha value is -4.36. The Labute approximate surface area is 305 Å². The van der Waals surface area contributed by atoms with E-state index >= 15 is 0 Å². The van der Waals surface area contributed by atoms with Gasteiger partial charge in [-0.2, -0.15) is 0 Å². The minimum atomic E-state index is -1.03. The molecular weight excluding hydrogens is 662 g/mol. The molecule has 4 amide bonds. The van der Waals surface area contributed by atoms with Gasteiger partial charge in [-0.1, -0.05) is 24.3 Å². The van der Waals surface area contributed by atoms with Gasteiger partial charge in [-0.15, -0.1) is 0 Å². The molecular formula is C39H53N7O6. The fraction of sp³-hybridized carbons (Fsp3) is 0.590. The highest BCUT2D eigenvalue weighted by atomic mass is 16.6. The standard InChI is InChI=1S/C39H53N7O6/c1-26-23-27(24-32-34(26)42(4)37(49)41(32)3)25-33(35(47)44-16-10-29(11-17-44)43-21-14-39(2,51)15-22-43)52-38(50)45-18-12-30(13-19-45)46-20-9-28-7-5-6-8-31(28)40-36(46)48/h5-8,23-24,29-30,33,51H,9-22,25H2,1-4H3,(H,40,48)/t33-/m1/s1. The Balaban J connectivity index is 1.03. The van der Waals surface area contributed by atoms with Gasteiger partial charge in [-0.25, -0.2) is 14.4 Å². The molecule has 3 saturated heterocycles. The molecule has 0 spiro atoms. The molecule has 13 heteroatoms. The predicted molar refractivity (Wildman–Crippen MR) is 198 cm³/mol. The van der Waals surface area contributed by atoms with Crippen molar-refractivity contribution in [1.82, 2.24) is 28.7 Å². The number of rotatable bonds is 6. The molecule has 0 radical (unpaired) electrons. The van der Waals surface area contributed by atoms with Crippen molar-refractivity contribution >= 4 is 34.8 Å². The van der Waals surface area contributed by atoms with Gasteiger partial charge < -0.3 is 34.8 Å². The lowest BCUT2D eigenvalue weighted by Crippen LogP contribution is -2.54. The maximum atomic E-state index is 14.3. The Morgan fingerprint density at radius 1 is 0.904 bits per heavy atom. The Kier molecular flexibility index (Phi) is 10.1. The van der Waals surface area contributed by atoms with Gasteiger partial charge in [0.2, 0.25) is 0 Å². The van der Waals surface area contributed by atoms with E-state index in [1.165, 1.54) is 0 Å². The van der Waals surface area contributed by atoms with Crippen LogP contribution in [0, 0.1) is 6.92 Å². The third-order valence-corrected chi connectivity index (χ3v) is 12.0. The number of aliphatic hydroxyl groups is 1. The second kappa shape index (κ2) is 14.6. The molecule has 2 aromatic carbocycles. The maximum absolute atomic E-state index is 14.3. The van der Waals surface area contributed by atoms with Crippen LogP contribution < -0.4 is 11.0 Å². The summed E-state index contributed by atoms with van der Waals surface area (Å²) < 4.78 is 9.37. The molecule has 3 aromatic rings. The van der Waals surface area contributed by atoms with E-state index in [0.29, 0.717) is 51.6 Å². The van der Waals surface area contributed by atoms with Gasteiger partial charge >= 0.3 is 17.8 Å². The summed E-state index contributed by atoms with van der Waals surface area (Å²) in [6, 6.07) is 12.0. The van der Waals surface area contributed by atoms with Crippen LogP contribution in [-0.2, 0) is 36.5 Å². The van der Waals surface area contributed by atoms with Crippen LogP contribution in [0.1, 0.15) is 62.1 Å². The number of nitrogens with one attached hydrogen (secondary N) is 1. The zero-order valence-electron chi connectivity index (χ0n) is 31.0. The van der Waals surface area contributed by atoms with Crippen molar-refractivity contribution in [2.75, 3.05) is 51.1 Å². The highest BCUT2D eigenvalue weighted by Gasteiger charge is 2.37. The number of hydrogen-bond acceptors (Lipinski definition) is 7. The van der Waals surface area contributed by atoms with Crippen molar-refractivity contribution in [3.8, 4) is 0 Å². The lowest BCUT2D eigenvalue weighted by molar-refractivity contribution is -0.142. The molecule has 280 valence electrons. The highest BCUT2D eigenvalue weighted by Crippen LogP contribution is 2.29. The second-order valence-corrected chi connectivity index (χ2v) is 15.6. The highest BCUT2D eigenvalue weighted by molar-refractivity contribution is 5.91. The SMILES string of the molecule is Cc1cc(C[C@@H](OC(=O)N2CCC(N3CCc4ccccc4NC3=O)CC2)C(=O)N2CCC(N3CCC(C)(O)CC3)CC2)cc2c1n(C)c(=O)n2C. The molecule has 2 N–H and O–H groups in total. The van der Waals surface area contributed by atoms with Crippen molar-refractivity contribution in [2.24, 2.45) is 14.1 Å². The Morgan fingerprint density at radius 3 is 2.27 bits per heavy atom. The van der Waals surface area contributed by atoms with E-state index in [-0.39, 0.29) is 30.1 Å². The third kappa shape index (κ3) is 7.30. The topological polar surface area (TPSA) is 133 Å². The van der Waals surface area contributed by atoms with Crippen molar-refractivity contribution in [3.05, 3.63) is 63.6 Å². The molecule has 0 saturated carbocycles. The minimum Gasteiger partial charge on any atom is -0.436 e. The summed E-state index contributed by atoms with van der Waals surface area (Å²) in [6.45, 7) is 8.15. The number of carbonyl (C=O) groups excluding carboxylic acids is 3. The average molecular weight is 716 g/mol. The summed E-state index contributed by atoms with van der Waals surface area (Å²) in [5, 5.41) is 13.5. The molecule has 52 heavy (non-hydrogen) atoms. The van der Waals surface area contributed by atoms with Crippen LogP contribution in [0.25, 0.3) is 11.0 Å². The maximum Gasteiger partial charge on any atom is 0.410 e. The minimum absolute atomic E-state index is 0.00432. The first kappa shape index (κ1) is 36.0. The molecule has 13 nitrogen and oxygen atoms in total. The lowest BCUT2D eigenvalue weighted by Gasteiger charge is -2.43. The number of likely N-dealkylation sites (tertiary alicyclic amines) is 3. The van der Waals surface area contributed by atoms with Crippen LogP contribution >= 0.6 is 0 Å². The summed E-state index contributed by atoms with van der Waals surface area (Å²) in [5.41, 5.74) is 4.56. The van der Waals surface area contributed by atoms with Crippen LogP contribution in [0.2, 0.25) is 0 Å². The van der Waals surface area contributed by atoms with Crippen LogP contribution in [0.4, 0.5) is 15.3 Å². The number of fused-ring (bicyclic) bond motifs is 2. The summed E-state index contributed by atoms with van der Waals surface area (Å²) in [7, 11) is 3.49. The number of para-hydroxylation sites is 1. The number of benzene rings is 2. The summed E-state index contributed by atoms with van der Waals surface area (Å²) in [6.07, 6.45) is 3.79. The number of urea groups is 1. The number of hydrogen-bond donors (Lipinski definition) is 2. The summed E-state index contributed by atoms with van der Waals surface area (Å²) in [5.74, 6) is -0.205. The van der Waals surface area contributed by atoms with E-state index in [2.05, 4.69) is 10.2 Å². The monoisotopic (exact) mass is 715 g/mol. The fourth-order valence-electron chi connectivity index (χ4n) is 8.78. The molecule has 3 fully saturated rings. The van der Waals surface area contributed by atoms with Crippen molar-refractivity contribution in [1.29, 1.82) is 0 Å². The molecule has 4 aliphatic rings. The zero-order chi connectivity index (χ0) is 36.7. The number of carbonyl (C=O) groups is 3. The van der Waals surface area contributed by atoms with E-state index in [1.54, 1.807) is 28.1 Å². The fourth-order valence-corrected chi connectivity index (χ4v) is 8.78. The number of aromatic nitrogens is 2. The zero-order valence-corrected chi connectivity index (χ0v) is 31.0. The average Bonchev–Trinajstić information content (AvgIpc) is 3.24. The number of ether oxygens (including phenoxy) is 1. The largest absolute Gasteiger partial charge is 0.436 e. The molecule has 0 aliphatic carbocycles. The van der Waals surface area contributed by atoms with Gasteiger partial charge in [0.05, 0.1) is 16.6 Å². The van der Waals surface area contributed by atoms with Crippen molar-refractivity contribution in [2.45, 2.75) is 89.0 Å². The predicted octanol–water partition coefficient (Wildman–Crippen LogP) is 3.63. The number of aryl methyl sites for hydroxylation is 3. The van der Waals surface area contributed by atoms with Gasteiger partial charge in [0.1, 0.15) is 0 Å². The first-order valence-corrected chi connectivity index (χ1v) is 18.9. The van der Waals surface area contributed by atoms with Crippen molar-refractivity contribution in [3.63, 3.8) is 0 Å². The molecule has 4 aliphatic heterocycles. The number of amides is 4. The van der Waals surface area contributed by atoms with Crippen LogP contribution in [-0.4, -0.2) is 121 Å². The van der Waals surface area contributed by atoms with Crippen LogP contribution in [0.15, 0.2) is 41.2 Å². The summed E-state index contributed by atoms with van der Waals surface area (Å²) in [4.78, 5) is 61.8. The van der Waals surface area contributed by atoms with E-state index in [1.807, 2.05) is 60.0 Å². The van der Waals surface area contributed by atoms with Gasteiger partial charge in [0.25, 0.3) is 5.91 Å². The number of imidazole rings is 1. The smallest absolute Gasteiger partial charge is 0.410 e. The van der Waals surface area contributed by atoms with Gasteiger partial charge in [0.15, 0.2) is 6.10 Å². The normalized spacial score (nSPS) is 21.1. The number of anilines is 1. The molecule has 5 heterocycles. The quantitative estimate of drug-likeness (QED) is 0.399. The van der Waals surface area contributed by atoms with Crippen LogP contribution in [0.3, 0.4) is 0 Å². The van der Waals surface area contributed by atoms with E-state index in [0.717, 1.165) is 78.6 Å². The van der Waals surface area contributed by atoms with E-state index in [4.69, 9.17) is 4.74 Å². The number of nitrogens with zero attached hydrogens (tertiary/aromatic N) is 6. The molecule has 7 rings (SSSR count). The third-order valence-electron chi connectivity index (χ3n) is 12.0. The van der Waals surface area contributed by atoms with Crippen molar-refractivity contribution < 1.29 is 24.2 Å². The first-order chi connectivity index (χ1) is 24.9. The van der Waals surface area contributed by atoms with Gasteiger partial charge in [-0.3, -0.25) is 13.9 Å².